The van der Waals surface area contributed by atoms with Crippen LogP contribution < -0.4 is 0 Å². The lowest BCUT2D eigenvalue weighted by atomic mass is 10.1. The van der Waals surface area contributed by atoms with E-state index in [1.807, 2.05) is 6.07 Å². The summed E-state index contributed by atoms with van der Waals surface area (Å²) in [7, 11) is 0. The van der Waals surface area contributed by atoms with Crippen LogP contribution in [0.1, 0.15) is 57.4 Å². The second-order valence-electron chi connectivity index (χ2n) is 3.92. The highest BCUT2D eigenvalue weighted by atomic mass is 16.3. The average molecular weight is 193 g/mol. The largest absolute Gasteiger partial charge is 0.461 e. The standard InChI is InChI=1S/C13H21O/c1-2-3-4-5-6-7-8-9-13-10-11-14-12-13/h10-11H,2-9H2,1H3. The van der Waals surface area contributed by atoms with Crippen LogP contribution in [0.15, 0.2) is 16.7 Å². The monoisotopic (exact) mass is 193 g/mol. The Bertz CT molecular complexity index is 201. The summed E-state index contributed by atoms with van der Waals surface area (Å²) in [5.74, 6) is 0. The third kappa shape index (κ3) is 5.11. The first kappa shape index (κ1) is 11.4. The van der Waals surface area contributed by atoms with Crippen LogP contribution in [0.2, 0.25) is 0 Å². The minimum Gasteiger partial charge on any atom is -0.461 e. The van der Waals surface area contributed by atoms with Gasteiger partial charge in [0.2, 0.25) is 0 Å². The third-order valence-corrected chi connectivity index (χ3v) is 2.58. The van der Waals surface area contributed by atoms with Crippen molar-refractivity contribution in [2.75, 3.05) is 0 Å². The topological polar surface area (TPSA) is 13.1 Å². The predicted octanol–water partition coefficient (Wildman–Crippen LogP) is 4.37. The summed E-state index contributed by atoms with van der Waals surface area (Å²) < 4.78 is 4.90. The maximum Gasteiger partial charge on any atom is 0.172 e. The summed E-state index contributed by atoms with van der Waals surface area (Å²) in [5, 5.41) is 0. The van der Waals surface area contributed by atoms with Gasteiger partial charge in [-0.2, -0.15) is 0 Å². The maximum atomic E-state index is 4.90. The molecule has 0 fully saturated rings. The van der Waals surface area contributed by atoms with E-state index in [4.69, 9.17) is 4.42 Å². The van der Waals surface area contributed by atoms with Crippen LogP contribution in [-0.2, 0) is 6.42 Å². The summed E-state index contributed by atoms with van der Waals surface area (Å²) in [4.78, 5) is 0. The normalized spacial score (nSPS) is 10.6. The average Bonchev–Trinajstić information content (AvgIpc) is 2.69. The van der Waals surface area contributed by atoms with Crippen molar-refractivity contribution in [3.05, 3.63) is 24.2 Å². The molecule has 0 saturated carbocycles. The Hall–Kier alpha value is -0.720. The minimum atomic E-state index is 1.13. The second-order valence-corrected chi connectivity index (χ2v) is 3.92. The number of hydrogen-bond donors (Lipinski definition) is 0. The van der Waals surface area contributed by atoms with Crippen LogP contribution >= 0.6 is 0 Å². The van der Waals surface area contributed by atoms with E-state index in [2.05, 4.69) is 13.2 Å². The van der Waals surface area contributed by atoms with Crippen LogP contribution in [0.25, 0.3) is 0 Å². The molecule has 79 valence electrons. The van der Waals surface area contributed by atoms with Crippen molar-refractivity contribution in [2.45, 2.75) is 58.3 Å². The molecule has 1 aromatic rings. The van der Waals surface area contributed by atoms with Crippen molar-refractivity contribution in [2.24, 2.45) is 0 Å². The minimum absolute atomic E-state index is 1.13. The van der Waals surface area contributed by atoms with Gasteiger partial charge in [-0.3, -0.25) is 0 Å². The summed E-state index contributed by atoms with van der Waals surface area (Å²) in [6.07, 6.45) is 15.3. The van der Waals surface area contributed by atoms with Gasteiger partial charge in [0.1, 0.15) is 0 Å². The Kier molecular flexibility index (Phi) is 6.21. The SMILES string of the molecule is CCCCCCCCCc1[c]occ1. The Morgan fingerprint density at radius 1 is 1.07 bits per heavy atom. The second kappa shape index (κ2) is 7.66. The molecule has 0 amide bonds. The van der Waals surface area contributed by atoms with Crippen molar-refractivity contribution in [3.63, 3.8) is 0 Å². The van der Waals surface area contributed by atoms with Crippen molar-refractivity contribution in [3.8, 4) is 0 Å². The zero-order valence-electron chi connectivity index (χ0n) is 9.22. The third-order valence-electron chi connectivity index (χ3n) is 2.58. The number of rotatable bonds is 8. The van der Waals surface area contributed by atoms with E-state index in [1.54, 1.807) is 6.26 Å². The Morgan fingerprint density at radius 3 is 2.43 bits per heavy atom. The smallest absolute Gasteiger partial charge is 0.172 e. The van der Waals surface area contributed by atoms with Crippen LogP contribution in [0, 0.1) is 6.26 Å². The quantitative estimate of drug-likeness (QED) is 0.559. The number of furan rings is 1. The maximum absolute atomic E-state index is 4.90. The van der Waals surface area contributed by atoms with E-state index < -0.39 is 0 Å². The fraction of sp³-hybridized carbons (Fsp3) is 0.692. The molecule has 0 bridgehead atoms. The highest BCUT2D eigenvalue weighted by Gasteiger charge is 1.95. The van der Waals surface area contributed by atoms with Gasteiger partial charge in [-0.1, -0.05) is 45.4 Å². The van der Waals surface area contributed by atoms with Crippen LogP contribution in [-0.4, -0.2) is 0 Å². The molecule has 1 heterocycles. The molecule has 0 aromatic carbocycles. The van der Waals surface area contributed by atoms with Gasteiger partial charge in [0.25, 0.3) is 0 Å². The molecular formula is C13H21O. The summed E-state index contributed by atoms with van der Waals surface area (Å²) >= 11 is 0. The molecule has 14 heavy (non-hydrogen) atoms. The first-order valence-electron chi connectivity index (χ1n) is 5.87. The Morgan fingerprint density at radius 2 is 1.79 bits per heavy atom. The molecule has 0 unspecified atom stereocenters. The van der Waals surface area contributed by atoms with E-state index in [1.165, 1.54) is 50.5 Å². The molecule has 0 aliphatic heterocycles. The van der Waals surface area contributed by atoms with Gasteiger partial charge in [0, 0.05) is 5.56 Å². The molecule has 0 aliphatic rings. The van der Waals surface area contributed by atoms with Crippen molar-refractivity contribution in [1.82, 2.24) is 0 Å². The van der Waals surface area contributed by atoms with Crippen LogP contribution in [0.4, 0.5) is 0 Å². The van der Waals surface area contributed by atoms with Crippen LogP contribution in [0.3, 0.4) is 0 Å². The van der Waals surface area contributed by atoms with Gasteiger partial charge < -0.3 is 4.42 Å². The molecule has 0 spiro atoms. The summed E-state index contributed by atoms with van der Waals surface area (Å²) in [6.45, 7) is 2.26. The molecule has 1 rings (SSSR count). The molecule has 1 aromatic heterocycles. The molecule has 1 heteroatoms. The zero-order chi connectivity index (χ0) is 10.1. The van der Waals surface area contributed by atoms with Gasteiger partial charge in [-0.05, 0) is 18.9 Å². The molecule has 0 aliphatic carbocycles. The molecule has 0 saturated heterocycles. The first-order chi connectivity index (χ1) is 6.93. The van der Waals surface area contributed by atoms with Crippen molar-refractivity contribution >= 4 is 0 Å². The highest BCUT2D eigenvalue weighted by molar-refractivity contribution is 5.03. The Labute approximate surface area is 87.5 Å². The highest BCUT2D eigenvalue weighted by Crippen LogP contribution is 2.10. The van der Waals surface area contributed by atoms with E-state index in [0.29, 0.717) is 0 Å². The van der Waals surface area contributed by atoms with Gasteiger partial charge >= 0.3 is 0 Å². The summed E-state index contributed by atoms with van der Waals surface area (Å²) in [5.41, 5.74) is 1.22. The van der Waals surface area contributed by atoms with Gasteiger partial charge in [-0.15, -0.1) is 0 Å². The number of aryl methyl sites for hydroxylation is 1. The lowest BCUT2D eigenvalue weighted by molar-refractivity contribution is 0.550. The molecule has 1 nitrogen and oxygen atoms in total. The van der Waals surface area contributed by atoms with E-state index in [0.717, 1.165) is 6.42 Å². The van der Waals surface area contributed by atoms with E-state index in [9.17, 15) is 0 Å². The lowest BCUT2D eigenvalue weighted by Gasteiger charge is -1.99. The molecule has 0 atom stereocenters. The first-order valence-corrected chi connectivity index (χ1v) is 5.87. The Balaban J connectivity index is 1.85. The van der Waals surface area contributed by atoms with Gasteiger partial charge in [0.05, 0.1) is 6.26 Å². The molecule has 0 N–H and O–H groups in total. The molecule has 1 radical (unpaired) electrons. The van der Waals surface area contributed by atoms with Crippen molar-refractivity contribution in [1.29, 1.82) is 0 Å². The fourth-order valence-corrected chi connectivity index (χ4v) is 1.67. The van der Waals surface area contributed by atoms with E-state index in [-0.39, 0.29) is 0 Å². The lowest BCUT2D eigenvalue weighted by Crippen LogP contribution is -1.83. The van der Waals surface area contributed by atoms with Crippen molar-refractivity contribution < 1.29 is 4.42 Å². The summed E-state index contributed by atoms with van der Waals surface area (Å²) in [6, 6.07) is 2.01. The molecular weight excluding hydrogens is 172 g/mol. The number of unbranched alkanes of at least 4 members (excludes halogenated alkanes) is 6. The number of hydrogen-bond acceptors (Lipinski definition) is 1. The fourth-order valence-electron chi connectivity index (χ4n) is 1.67. The predicted molar refractivity (Wildman–Crippen MR) is 59.2 cm³/mol. The van der Waals surface area contributed by atoms with E-state index >= 15 is 0 Å². The van der Waals surface area contributed by atoms with Crippen LogP contribution in [0.5, 0.6) is 0 Å². The van der Waals surface area contributed by atoms with Gasteiger partial charge in [0.15, 0.2) is 6.26 Å². The zero-order valence-corrected chi connectivity index (χ0v) is 9.22. The van der Waals surface area contributed by atoms with Gasteiger partial charge in [-0.25, -0.2) is 0 Å².